The van der Waals surface area contributed by atoms with Crippen molar-refractivity contribution in [2.24, 2.45) is 0 Å². The quantitative estimate of drug-likeness (QED) is 0.742. The lowest BCUT2D eigenvalue weighted by Crippen LogP contribution is -1.98. The number of hydrogen-bond donors (Lipinski definition) is 2. The van der Waals surface area contributed by atoms with Crippen LogP contribution in [0, 0.1) is 0 Å². The van der Waals surface area contributed by atoms with Crippen molar-refractivity contribution < 1.29 is 4.74 Å². The molecule has 1 aromatic carbocycles. The minimum atomic E-state index is 0.639. The number of ether oxygens (including phenoxy) is 1. The molecule has 0 saturated carbocycles. The molecule has 3 nitrogen and oxygen atoms in total. The van der Waals surface area contributed by atoms with Gasteiger partial charge >= 0.3 is 0 Å². The van der Waals surface area contributed by atoms with Gasteiger partial charge in [0, 0.05) is 38.1 Å². The third-order valence-corrected chi connectivity index (χ3v) is 1.97. The number of methoxy groups -OCH3 is 1. The Hall–Kier alpha value is -1.22. The number of anilines is 2. The standard InChI is InChI=1S/C10H16N2O/c1-11-9-5-4-8(7-13-3)10(6-9)12-2/h4-6,11-12H,7H2,1-3H3. The average molecular weight is 180 g/mol. The van der Waals surface area contributed by atoms with E-state index in [9.17, 15) is 0 Å². The summed E-state index contributed by atoms with van der Waals surface area (Å²) in [4.78, 5) is 0. The summed E-state index contributed by atoms with van der Waals surface area (Å²) in [6.45, 7) is 0.639. The van der Waals surface area contributed by atoms with Crippen molar-refractivity contribution in [2.75, 3.05) is 31.8 Å². The Morgan fingerprint density at radius 1 is 1.23 bits per heavy atom. The number of nitrogens with one attached hydrogen (secondary N) is 2. The van der Waals surface area contributed by atoms with Gasteiger partial charge in [-0.3, -0.25) is 0 Å². The molecule has 1 rings (SSSR count). The van der Waals surface area contributed by atoms with Crippen LogP contribution in [0.3, 0.4) is 0 Å². The van der Waals surface area contributed by atoms with Crippen molar-refractivity contribution in [3.63, 3.8) is 0 Å². The molecular formula is C10H16N2O. The van der Waals surface area contributed by atoms with Crippen molar-refractivity contribution in [1.82, 2.24) is 0 Å². The highest BCUT2D eigenvalue weighted by atomic mass is 16.5. The molecular weight excluding hydrogens is 164 g/mol. The molecule has 3 heteroatoms. The maximum Gasteiger partial charge on any atom is 0.0733 e. The fraction of sp³-hybridized carbons (Fsp3) is 0.400. The van der Waals surface area contributed by atoms with Crippen molar-refractivity contribution in [3.8, 4) is 0 Å². The summed E-state index contributed by atoms with van der Waals surface area (Å²) in [5.41, 5.74) is 3.38. The van der Waals surface area contributed by atoms with Crippen LogP contribution in [0.1, 0.15) is 5.56 Å². The van der Waals surface area contributed by atoms with Crippen molar-refractivity contribution >= 4 is 11.4 Å². The molecule has 0 unspecified atom stereocenters. The topological polar surface area (TPSA) is 33.3 Å². The largest absolute Gasteiger partial charge is 0.388 e. The lowest BCUT2D eigenvalue weighted by Gasteiger charge is -2.10. The molecule has 0 aliphatic rings. The van der Waals surface area contributed by atoms with Gasteiger partial charge in [0.1, 0.15) is 0 Å². The number of hydrogen-bond acceptors (Lipinski definition) is 3. The molecule has 0 aliphatic carbocycles. The lowest BCUT2D eigenvalue weighted by atomic mass is 10.1. The predicted octanol–water partition coefficient (Wildman–Crippen LogP) is 1.92. The lowest BCUT2D eigenvalue weighted by molar-refractivity contribution is 0.185. The Kier molecular flexibility index (Phi) is 3.58. The smallest absolute Gasteiger partial charge is 0.0733 e. The van der Waals surface area contributed by atoms with E-state index in [1.165, 1.54) is 5.56 Å². The molecule has 13 heavy (non-hydrogen) atoms. The summed E-state index contributed by atoms with van der Waals surface area (Å²) < 4.78 is 5.08. The molecule has 0 amide bonds. The maximum absolute atomic E-state index is 5.08. The van der Waals surface area contributed by atoms with E-state index in [1.807, 2.05) is 20.2 Å². The van der Waals surface area contributed by atoms with Crippen molar-refractivity contribution in [1.29, 1.82) is 0 Å². The molecule has 0 heterocycles. The maximum atomic E-state index is 5.08. The van der Waals surface area contributed by atoms with Gasteiger partial charge in [0.15, 0.2) is 0 Å². The fourth-order valence-corrected chi connectivity index (χ4v) is 1.25. The van der Waals surface area contributed by atoms with Gasteiger partial charge in [-0.1, -0.05) is 6.07 Å². The van der Waals surface area contributed by atoms with E-state index in [0.29, 0.717) is 6.61 Å². The summed E-state index contributed by atoms with van der Waals surface area (Å²) >= 11 is 0. The zero-order valence-corrected chi connectivity index (χ0v) is 8.35. The van der Waals surface area contributed by atoms with Gasteiger partial charge in [-0.25, -0.2) is 0 Å². The highest BCUT2D eigenvalue weighted by molar-refractivity contribution is 5.60. The molecule has 0 atom stereocenters. The first kappa shape index (κ1) is 9.86. The first-order valence-electron chi connectivity index (χ1n) is 4.29. The molecule has 0 bridgehead atoms. The van der Waals surface area contributed by atoms with Gasteiger partial charge in [-0.2, -0.15) is 0 Å². The highest BCUT2D eigenvalue weighted by Gasteiger charge is 2.00. The predicted molar refractivity (Wildman–Crippen MR) is 56.2 cm³/mol. The first-order chi connectivity index (χ1) is 6.31. The molecule has 0 saturated heterocycles. The molecule has 72 valence electrons. The van der Waals surface area contributed by atoms with Gasteiger partial charge in [0.05, 0.1) is 6.61 Å². The van der Waals surface area contributed by atoms with Gasteiger partial charge in [-0.05, 0) is 12.1 Å². The minimum Gasteiger partial charge on any atom is -0.388 e. The number of rotatable bonds is 4. The molecule has 0 aromatic heterocycles. The summed E-state index contributed by atoms with van der Waals surface area (Å²) in [6, 6.07) is 6.16. The molecule has 2 N–H and O–H groups in total. The second-order valence-corrected chi connectivity index (χ2v) is 2.80. The third kappa shape index (κ3) is 2.36. The molecule has 1 aromatic rings. The third-order valence-electron chi connectivity index (χ3n) is 1.97. The fourth-order valence-electron chi connectivity index (χ4n) is 1.25. The van der Waals surface area contributed by atoms with Gasteiger partial charge < -0.3 is 15.4 Å². The van der Waals surface area contributed by atoms with Crippen LogP contribution in [-0.2, 0) is 11.3 Å². The van der Waals surface area contributed by atoms with E-state index in [-0.39, 0.29) is 0 Å². The number of benzene rings is 1. The van der Waals surface area contributed by atoms with Crippen LogP contribution >= 0.6 is 0 Å². The molecule has 0 spiro atoms. The Morgan fingerprint density at radius 3 is 2.54 bits per heavy atom. The van der Waals surface area contributed by atoms with Crippen LogP contribution < -0.4 is 10.6 Å². The van der Waals surface area contributed by atoms with Crippen LogP contribution in [0.2, 0.25) is 0 Å². The van der Waals surface area contributed by atoms with E-state index < -0.39 is 0 Å². The van der Waals surface area contributed by atoms with Crippen LogP contribution in [0.4, 0.5) is 11.4 Å². The highest BCUT2D eigenvalue weighted by Crippen LogP contribution is 2.20. The first-order valence-corrected chi connectivity index (χ1v) is 4.29. The van der Waals surface area contributed by atoms with Gasteiger partial charge in [0.25, 0.3) is 0 Å². The summed E-state index contributed by atoms with van der Waals surface area (Å²) in [7, 11) is 5.52. The second-order valence-electron chi connectivity index (χ2n) is 2.80. The Balaban J connectivity index is 2.93. The zero-order chi connectivity index (χ0) is 9.68. The van der Waals surface area contributed by atoms with Crippen LogP contribution in [0.5, 0.6) is 0 Å². The SMILES string of the molecule is CNc1ccc(COC)c(NC)c1. The van der Waals surface area contributed by atoms with Crippen molar-refractivity contribution in [2.45, 2.75) is 6.61 Å². The normalized spacial score (nSPS) is 9.77. The zero-order valence-electron chi connectivity index (χ0n) is 8.35. The summed E-state index contributed by atoms with van der Waals surface area (Å²) in [5.74, 6) is 0. The molecule has 0 radical (unpaired) electrons. The molecule has 0 aliphatic heterocycles. The second kappa shape index (κ2) is 4.72. The molecule has 0 fully saturated rings. The minimum absolute atomic E-state index is 0.639. The monoisotopic (exact) mass is 180 g/mol. The summed E-state index contributed by atoms with van der Waals surface area (Å²) in [5, 5.41) is 6.23. The van der Waals surface area contributed by atoms with Crippen LogP contribution in [-0.4, -0.2) is 21.2 Å². The Labute approximate surface area is 79.1 Å². The van der Waals surface area contributed by atoms with Crippen LogP contribution in [0.15, 0.2) is 18.2 Å². The Morgan fingerprint density at radius 2 is 2.00 bits per heavy atom. The van der Waals surface area contributed by atoms with E-state index in [2.05, 4.69) is 22.8 Å². The van der Waals surface area contributed by atoms with Gasteiger partial charge in [-0.15, -0.1) is 0 Å². The van der Waals surface area contributed by atoms with E-state index in [0.717, 1.165) is 11.4 Å². The van der Waals surface area contributed by atoms with E-state index in [1.54, 1.807) is 7.11 Å². The van der Waals surface area contributed by atoms with Crippen LogP contribution in [0.25, 0.3) is 0 Å². The van der Waals surface area contributed by atoms with Crippen molar-refractivity contribution in [3.05, 3.63) is 23.8 Å². The average Bonchev–Trinajstić information content (AvgIpc) is 2.19. The van der Waals surface area contributed by atoms with E-state index >= 15 is 0 Å². The Bertz CT molecular complexity index is 274. The van der Waals surface area contributed by atoms with Gasteiger partial charge in [0.2, 0.25) is 0 Å². The summed E-state index contributed by atoms with van der Waals surface area (Å²) in [6.07, 6.45) is 0. The van der Waals surface area contributed by atoms with E-state index in [4.69, 9.17) is 4.74 Å².